The second-order valence-corrected chi connectivity index (χ2v) is 5.22. The maximum atomic E-state index is 13.2. The second kappa shape index (κ2) is 5.53. The van der Waals surface area contributed by atoms with Crippen molar-refractivity contribution in [1.82, 2.24) is 5.32 Å². The van der Waals surface area contributed by atoms with E-state index >= 15 is 0 Å². The van der Waals surface area contributed by atoms with Gasteiger partial charge >= 0.3 is 6.18 Å². The second-order valence-electron chi connectivity index (χ2n) is 5.22. The van der Waals surface area contributed by atoms with Gasteiger partial charge < -0.3 is 5.32 Å². The summed E-state index contributed by atoms with van der Waals surface area (Å²) < 4.78 is 39.6. The summed E-state index contributed by atoms with van der Waals surface area (Å²) in [5.41, 5.74) is -0.610. The van der Waals surface area contributed by atoms with Crippen LogP contribution in [0.1, 0.15) is 50.2 Å². The zero-order valence-electron chi connectivity index (χ0n) is 11.2. The molecule has 1 fully saturated rings. The standard InChI is InChI=1S/C15H20F3N/c1-2-14(10-6-3-7-11-19-14)12-8-4-5-9-13(12)15(16,17)18/h4-5,8-9,19H,2-3,6-7,10-11H2,1H3. The molecule has 0 amide bonds. The predicted octanol–water partition coefficient (Wildman–Crippen LogP) is 4.47. The number of alkyl halides is 3. The van der Waals surface area contributed by atoms with Gasteiger partial charge in [-0.2, -0.15) is 13.2 Å². The fraction of sp³-hybridized carbons (Fsp3) is 0.600. The SMILES string of the molecule is CCC1(c2ccccc2C(F)(F)F)CCCCCN1. The van der Waals surface area contributed by atoms with Gasteiger partial charge in [0.05, 0.1) is 5.56 Å². The van der Waals surface area contributed by atoms with Crippen molar-refractivity contribution in [3.8, 4) is 0 Å². The van der Waals surface area contributed by atoms with E-state index in [0.29, 0.717) is 12.0 Å². The van der Waals surface area contributed by atoms with Crippen LogP contribution in [0, 0.1) is 0 Å². The number of benzene rings is 1. The van der Waals surface area contributed by atoms with E-state index in [-0.39, 0.29) is 0 Å². The van der Waals surface area contributed by atoms with Crippen LogP contribution < -0.4 is 5.32 Å². The first-order valence-corrected chi connectivity index (χ1v) is 6.91. The van der Waals surface area contributed by atoms with Gasteiger partial charge in [0.2, 0.25) is 0 Å². The summed E-state index contributed by atoms with van der Waals surface area (Å²) in [6.07, 6.45) is 0.273. The molecule has 0 aromatic heterocycles. The lowest BCUT2D eigenvalue weighted by molar-refractivity contribution is -0.139. The minimum Gasteiger partial charge on any atom is -0.307 e. The van der Waals surface area contributed by atoms with Crippen molar-refractivity contribution in [1.29, 1.82) is 0 Å². The Balaban J connectivity index is 2.48. The number of nitrogens with one attached hydrogen (secondary N) is 1. The Kier molecular flexibility index (Phi) is 4.19. The Morgan fingerprint density at radius 1 is 1.16 bits per heavy atom. The highest BCUT2D eigenvalue weighted by Gasteiger charge is 2.40. The fourth-order valence-electron chi connectivity index (χ4n) is 3.01. The van der Waals surface area contributed by atoms with E-state index < -0.39 is 17.3 Å². The summed E-state index contributed by atoms with van der Waals surface area (Å²) in [6, 6.07) is 5.99. The molecular formula is C15H20F3N. The molecule has 0 bridgehead atoms. The van der Waals surface area contributed by atoms with Crippen LogP contribution in [0.3, 0.4) is 0 Å². The molecule has 1 unspecified atom stereocenters. The van der Waals surface area contributed by atoms with Crippen molar-refractivity contribution < 1.29 is 13.2 Å². The summed E-state index contributed by atoms with van der Waals surface area (Å²) in [4.78, 5) is 0. The van der Waals surface area contributed by atoms with Crippen LogP contribution in [0.5, 0.6) is 0 Å². The Morgan fingerprint density at radius 3 is 2.58 bits per heavy atom. The third-order valence-corrected chi connectivity index (χ3v) is 4.10. The van der Waals surface area contributed by atoms with Crippen molar-refractivity contribution >= 4 is 0 Å². The third-order valence-electron chi connectivity index (χ3n) is 4.10. The average Bonchev–Trinajstić information content (AvgIpc) is 2.64. The maximum Gasteiger partial charge on any atom is 0.416 e. The summed E-state index contributed by atoms with van der Waals surface area (Å²) >= 11 is 0. The van der Waals surface area contributed by atoms with Crippen LogP contribution in [0.4, 0.5) is 13.2 Å². The molecule has 19 heavy (non-hydrogen) atoms. The number of hydrogen-bond acceptors (Lipinski definition) is 1. The number of hydrogen-bond donors (Lipinski definition) is 1. The summed E-state index contributed by atoms with van der Waals surface area (Å²) in [5, 5.41) is 3.37. The lowest BCUT2D eigenvalue weighted by atomic mass is 9.80. The zero-order valence-corrected chi connectivity index (χ0v) is 11.2. The van der Waals surface area contributed by atoms with Crippen LogP contribution in [0.15, 0.2) is 24.3 Å². The van der Waals surface area contributed by atoms with Gasteiger partial charge in [0, 0.05) is 5.54 Å². The van der Waals surface area contributed by atoms with E-state index in [1.165, 1.54) is 12.1 Å². The topological polar surface area (TPSA) is 12.0 Å². The summed E-state index contributed by atoms with van der Waals surface area (Å²) in [5.74, 6) is 0. The smallest absolute Gasteiger partial charge is 0.307 e. The molecule has 2 rings (SSSR count). The van der Waals surface area contributed by atoms with Gasteiger partial charge in [-0.3, -0.25) is 0 Å². The number of halogens is 3. The van der Waals surface area contributed by atoms with Crippen LogP contribution in [-0.2, 0) is 11.7 Å². The Hall–Kier alpha value is -1.03. The van der Waals surface area contributed by atoms with Crippen molar-refractivity contribution in [2.75, 3.05) is 6.54 Å². The van der Waals surface area contributed by atoms with E-state index in [1.54, 1.807) is 12.1 Å². The molecule has 0 radical (unpaired) electrons. The van der Waals surface area contributed by atoms with E-state index in [1.807, 2.05) is 6.92 Å². The highest BCUT2D eigenvalue weighted by atomic mass is 19.4. The van der Waals surface area contributed by atoms with Crippen molar-refractivity contribution in [2.24, 2.45) is 0 Å². The van der Waals surface area contributed by atoms with Gasteiger partial charge in [0.25, 0.3) is 0 Å². The highest BCUT2D eigenvalue weighted by Crippen LogP contribution is 2.41. The molecule has 0 spiro atoms. The Bertz CT molecular complexity index is 418. The largest absolute Gasteiger partial charge is 0.416 e. The molecule has 1 atom stereocenters. The molecule has 0 saturated carbocycles. The third kappa shape index (κ3) is 2.94. The van der Waals surface area contributed by atoms with Crippen LogP contribution in [-0.4, -0.2) is 6.54 Å². The summed E-state index contributed by atoms with van der Waals surface area (Å²) in [7, 11) is 0. The van der Waals surface area contributed by atoms with Crippen LogP contribution in [0.2, 0.25) is 0 Å². The first kappa shape index (κ1) is 14.4. The molecule has 1 aromatic carbocycles. The van der Waals surface area contributed by atoms with Gasteiger partial charge in [-0.05, 0) is 37.4 Å². The Morgan fingerprint density at radius 2 is 1.89 bits per heavy atom. The van der Waals surface area contributed by atoms with Crippen molar-refractivity contribution in [3.63, 3.8) is 0 Å². The molecular weight excluding hydrogens is 251 g/mol. The molecule has 1 aliphatic heterocycles. The normalized spacial score (nSPS) is 25.1. The predicted molar refractivity (Wildman–Crippen MR) is 69.9 cm³/mol. The molecule has 1 heterocycles. The van der Waals surface area contributed by atoms with E-state index in [0.717, 1.165) is 32.2 Å². The molecule has 1 aliphatic rings. The fourth-order valence-corrected chi connectivity index (χ4v) is 3.01. The molecule has 106 valence electrons. The van der Waals surface area contributed by atoms with E-state index in [4.69, 9.17) is 0 Å². The minimum atomic E-state index is -4.28. The van der Waals surface area contributed by atoms with Crippen LogP contribution in [0.25, 0.3) is 0 Å². The molecule has 4 heteroatoms. The average molecular weight is 271 g/mol. The molecule has 1 N–H and O–H groups in total. The molecule has 1 nitrogen and oxygen atoms in total. The Labute approximate surface area is 112 Å². The molecule has 1 saturated heterocycles. The minimum absolute atomic E-state index is 0.409. The zero-order chi connectivity index (χ0) is 13.9. The van der Waals surface area contributed by atoms with Crippen molar-refractivity contribution in [2.45, 2.75) is 50.7 Å². The summed E-state index contributed by atoms with van der Waals surface area (Å²) in [6.45, 7) is 2.76. The van der Waals surface area contributed by atoms with Gasteiger partial charge in [0.1, 0.15) is 0 Å². The monoisotopic (exact) mass is 271 g/mol. The lowest BCUT2D eigenvalue weighted by Crippen LogP contribution is -2.42. The van der Waals surface area contributed by atoms with Gasteiger partial charge in [-0.15, -0.1) is 0 Å². The maximum absolute atomic E-state index is 13.2. The first-order chi connectivity index (χ1) is 8.99. The number of rotatable bonds is 2. The highest BCUT2D eigenvalue weighted by molar-refractivity contribution is 5.36. The van der Waals surface area contributed by atoms with E-state index in [2.05, 4.69) is 5.32 Å². The quantitative estimate of drug-likeness (QED) is 0.836. The van der Waals surface area contributed by atoms with Gasteiger partial charge in [0.15, 0.2) is 0 Å². The van der Waals surface area contributed by atoms with Gasteiger partial charge in [-0.1, -0.05) is 38.0 Å². The van der Waals surface area contributed by atoms with E-state index in [9.17, 15) is 13.2 Å². The molecule has 0 aliphatic carbocycles. The van der Waals surface area contributed by atoms with Crippen LogP contribution >= 0.6 is 0 Å². The molecule has 1 aromatic rings. The van der Waals surface area contributed by atoms with Gasteiger partial charge in [-0.25, -0.2) is 0 Å². The lowest BCUT2D eigenvalue weighted by Gasteiger charge is -2.35. The van der Waals surface area contributed by atoms with Crippen molar-refractivity contribution in [3.05, 3.63) is 35.4 Å². The first-order valence-electron chi connectivity index (χ1n) is 6.91.